The zero-order valence-corrected chi connectivity index (χ0v) is 12.4. The third-order valence-corrected chi connectivity index (χ3v) is 3.80. The molecule has 1 aliphatic heterocycles. The molecule has 0 bridgehead atoms. The van der Waals surface area contributed by atoms with Crippen molar-refractivity contribution in [3.63, 3.8) is 0 Å². The predicted molar refractivity (Wildman–Crippen MR) is 85.7 cm³/mol. The van der Waals surface area contributed by atoms with E-state index in [-0.39, 0.29) is 0 Å². The lowest BCUT2D eigenvalue weighted by Crippen LogP contribution is -2.38. The van der Waals surface area contributed by atoms with Gasteiger partial charge in [0, 0.05) is 23.8 Å². The van der Waals surface area contributed by atoms with Crippen LogP contribution < -0.4 is 11.1 Å². The minimum atomic E-state index is 0.397. The Hall–Kier alpha value is -1.13. The number of rotatable bonds is 5. The summed E-state index contributed by atoms with van der Waals surface area (Å²) in [5.41, 5.74) is 7.73. The molecule has 19 heavy (non-hydrogen) atoms. The first-order chi connectivity index (χ1) is 9.16. The standard InChI is InChI=1S/C15H23N3S/c1-12(11-18-9-5-2-6-10-18)17-14-8-4-3-7-13(14)15(16)19/h3-4,7-8,12,17H,2,5-6,9-11H2,1H3,(H2,16,19). The highest BCUT2D eigenvalue weighted by atomic mass is 32.1. The van der Waals surface area contributed by atoms with Gasteiger partial charge in [-0.3, -0.25) is 0 Å². The number of piperidine rings is 1. The summed E-state index contributed by atoms with van der Waals surface area (Å²) in [6, 6.07) is 8.39. The Morgan fingerprint density at radius 2 is 2.00 bits per heavy atom. The maximum absolute atomic E-state index is 5.76. The first-order valence-corrected chi connectivity index (χ1v) is 7.45. The molecule has 1 aromatic carbocycles. The van der Waals surface area contributed by atoms with E-state index in [1.54, 1.807) is 0 Å². The van der Waals surface area contributed by atoms with E-state index < -0.39 is 0 Å². The minimum absolute atomic E-state index is 0.397. The lowest BCUT2D eigenvalue weighted by Gasteiger charge is -2.30. The van der Waals surface area contributed by atoms with Gasteiger partial charge in [-0.05, 0) is 45.0 Å². The van der Waals surface area contributed by atoms with Crippen molar-refractivity contribution in [1.82, 2.24) is 4.90 Å². The number of nitrogens with one attached hydrogen (secondary N) is 1. The number of thiocarbonyl (C=S) groups is 1. The Labute approximate surface area is 121 Å². The largest absolute Gasteiger partial charge is 0.389 e. The number of hydrogen-bond acceptors (Lipinski definition) is 3. The molecule has 104 valence electrons. The van der Waals surface area contributed by atoms with Gasteiger partial charge in [-0.25, -0.2) is 0 Å². The topological polar surface area (TPSA) is 41.3 Å². The molecule has 1 atom stereocenters. The van der Waals surface area contributed by atoms with Gasteiger partial charge in [0.05, 0.1) is 0 Å². The van der Waals surface area contributed by atoms with E-state index in [4.69, 9.17) is 18.0 Å². The molecule has 3 N–H and O–H groups in total. The highest BCUT2D eigenvalue weighted by molar-refractivity contribution is 7.80. The van der Waals surface area contributed by atoms with Crippen LogP contribution in [0.5, 0.6) is 0 Å². The summed E-state index contributed by atoms with van der Waals surface area (Å²) >= 11 is 5.09. The highest BCUT2D eigenvalue weighted by Gasteiger charge is 2.14. The molecular weight excluding hydrogens is 254 g/mol. The van der Waals surface area contributed by atoms with E-state index >= 15 is 0 Å². The van der Waals surface area contributed by atoms with Crippen LogP contribution in [0.1, 0.15) is 31.7 Å². The van der Waals surface area contributed by atoms with Crippen LogP contribution in [0.2, 0.25) is 0 Å². The number of hydrogen-bond donors (Lipinski definition) is 2. The van der Waals surface area contributed by atoms with Crippen LogP contribution in [0.15, 0.2) is 24.3 Å². The molecule has 1 fully saturated rings. The van der Waals surface area contributed by atoms with Crippen LogP contribution in [-0.4, -0.2) is 35.6 Å². The minimum Gasteiger partial charge on any atom is -0.389 e. The molecule has 0 aliphatic carbocycles. The summed E-state index contributed by atoms with van der Waals surface area (Å²) < 4.78 is 0. The van der Waals surface area contributed by atoms with Gasteiger partial charge in [-0.2, -0.15) is 0 Å². The number of anilines is 1. The summed E-state index contributed by atoms with van der Waals surface area (Å²) in [4.78, 5) is 2.98. The molecule has 0 spiro atoms. The van der Waals surface area contributed by atoms with Crippen molar-refractivity contribution in [3.05, 3.63) is 29.8 Å². The predicted octanol–water partition coefficient (Wildman–Crippen LogP) is 2.61. The van der Waals surface area contributed by atoms with Crippen molar-refractivity contribution >= 4 is 22.9 Å². The van der Waals surface area contributed by atoms with Crippen molar-refractivity contribution in [2.24, 2.45) is 5.73 Å². The second-order valence-electron chi connectivity index (χ2n) is 5.32. The normalized spacial score (nSPS) is 17.9. The lowest BCUT2D eigenvalue weighted by molar-refractivity contribution is 0.223. The van der Waals surface area contributed by atoms with E-state index in [1.807, 2.05) is 24.3 Å². The molecule has 0 aromatic heterocycles. The van der Waals surface area contributed by atoms with Gasteiger partial charge in [0.2, 0.25) is 0 Å². The highest BCUT2D eigenvalue weighted by Crippen LogP contribution is 2.17. The molecule has 0 radical (unpaired) electrons. The molecule has 1 aliphatic rings. The van der Waals surface area contributed by atoms with Crippen molar-refractivity contribution in [3.8, 4) is 0 Å². The zero-order chi connectivity index (χ0) is 13.7. The van der Waals surface area contributed by atoms with Crippen molar-refractivity contribution in [1.29, 1.82) is 0 Å². The molecule has 1 aromatic rings. The molecule has 2 rings (SSSR count). The third kappa shape index (κ3) is 4.18. The third-order valence-electron chi connectivity index (χ3n) is 3.58. The van der Waals surface area contributed by atoms with Gasteiger partial charge in [-0.1, -0.05) is 30.8 Å². The van der Waals surface area contributed by atoms with Crippen LogP contribution in [0.25, 0.3) is 0 Å². The first kappa shape index (κ1) is 14.3. The van der Waals surface area contributed by atoms with Crippen LogP contribution in [0, 0.1) is 0 Å². The van der Waals surface area contributed by atoms with Crippen LogP contribution >= 0.6 is 12.2 Å². The second-order valence-corrected chi connectivity index (χ2v) is 5.76. The van der Waals surface area contributed by atoms with Gasteiger partial charge < -0.3 is 16.0 Å². The molecule has 0 amide bonds. The number of nitrogens with two attached hydrogens (primary N) is 1. The fourth-order valence-electron chi connectivity index (χ4n) is 2.66. The molecule has 3 nitrogen and oxygen atoms in total. The monoisotopic (exact) mass is 277 g/mol. The molecule has 4 heteroatoms. The van der Waals surface area contributed by atoms with Gasteiger partial charge >= 0.3 is 0 Å². The Morgan fingerprint density at radius 1 is 1.32 bits per heavy atom. The maximum atomic E-state index is 5.76. The SMILES string of the molecule is CC(CN1CCCCC1)Nc1ccccc1C(N)=S. The van der Waals surface area contributed by atoms with Gasteiger partial charge in [0.25, 0.3) is 0 Å². The fourth-order valence-corrected chi connectivity index (χ4v) is 2.84. The average Bonchev–Trinajstić information content (AvgIpc) is 2.40. The van der Waals surface area contributed by atoms with Crippen LogP contribution in [0.3, 0.4) is 0 Å². The van der Waals surface area contributed by atoms with E-state index in [2.05, 4.69) is 17.1 Å². The summed E-state index contributed by atoms with van der Waals surface area (Å²) in [6.07, 6.45) is 4.04. The molecule has 1 unspecified atom stereocenters. The Balaban J connectivity index is 1.94. The van der Waals surface area contributed by atoms with E-state index in [1.165, 1.54) is 32.4 Å². The maximum Gasteiger partial charge on any atom is 0.106 e. The zero-order valence-electron chi connectivity index (χ0n) is 11.6. The van der Waals surface area contributed by atoms with Crippen molar-refractivity contribution < 1.29 is 0 Å². The Morgan fingerprint density at radius 3 is 2.68 bits per heavy atom. The molecule has 1 heterocycles. The van der Waals surface area contributed by atoms with E-state index in [0.29, 0.717) is 11.0 Å². The molecule has 0 saturated carbocycles. The van der Waals surface area contributed by atoms with E-state index in [0.717, 1.165) is 17.8 Å². The fraction of sp³-hybridized carbons (Fsp3) is 0.533. The number of para-hydroxylation sites is 1. The average molecular weight is 277 g/mol. The Bertz CT molecular complexity index is 427. The number of benzene rings is 1. The lowest BCUT2D eigenvalue weighted by atomic mass is 10.1. The van der Waals surface area contributed by atoms with Crippen LogP contribution in [0.4, 0.5) is 5.69 Å². The summed E-state index contributed by atoms with van der Waals surface area (Å²) in [6.45, 7) is 5.74. The number of nitrogens with zero attached hydrogens (tertiary/aromatic N) is 1. The smallest absolute Gasteiger partial charge is 0.106 e. The second kappa shape index (κ2) is 6.87. The van der Waals surface area contributed by atoms with E-state index in [9.17, 15) is 0 Å². The van der Waals surface area contributed by atoms with Gasteiger partial charge in [0.15, 0.2) is 0 Å². The van der Waals surface area contributed by atoms with Crippen molar-refractivity contribution in [2.75, 3.05) is 25.0 Å². The Kier molecular flexibility index (Phi) is 5.16. The molecular formula is C15H23N3S. The summed E-state index contributed by atoms with van der Waals surface area (Å²) in [5, 5.41) is 3.53. The van der Waals surface area contributed by atoms with Gasteiger partial charge in [-0.15, -0.1) is 0 Å². The van der Waals surface area contributed by atoms with Crippen molar-refractivity contribution in [2.45, 2.75) is 32.2 Å². The summed E-state index contributed by atoms with van der Waals surface area (Å²) in [7, 11) is 0. The molecule has 1 saturated heterocycles. The number of likely N-dealkylation sites (tertiary alicyclic amines) is 1. The quantitative estimate of drug-likeness (QED) is 0.812. The first-order valence-electron chi connectivity index (χ1n) is 7.04. The summed E-state index contributed by atoms with van der Waals surface area (Å²) in [5.74, 6) is 0. The van der Waals surface area contributed by atoms with Crippen LogP contribution in [-0.2, 0) is 0 Å². The van der Waals surface area contributed by atoms with Gasteiger partial charge in [0.1, 0.15) is 4.99 Å².